The Labute approximate surface area is 173 Å². The summed E-state index contributed by atoms with van der Waals surface area (Å²) >= 11 is 0. The molecule has 7 heteroatoms. The first-order chi connectivity index (χ1) is 14.0. The molecular formula is C22H29N3O3S. The highest BCUT2D eigenvalue weighted by atomic mass is 32.2. The van der Waals surface area contributed by atoms with Crippen molar-refractivity contribution in [1.29, 1.82) is 0 Å². The van der Waals surface area contributed by atoms with Crippen molar-refractivity contribution in [2.45, 2.75) is 39.3 Å². The number of amides is 1. The Kier molecular flexibility index (Phi) is 7.28. The van der Waals surface area contributed by atoms with E-state index in [1.54, 1.807) is 24.3 Å². The van der Waals surface area contributed by atoms with Crippen LogP contribution < -0.4 is 10.0 Å². The number of hydrogen-bond donors (Lipinski definition) is 2. The SMILES string of the molecule is CCCS(=O)(=O)Nc1cccc(C(=O)NCc2ccccc2CN2CCCC2)c1. The fraction of sp³-hybridized carbons (Fsp3) is 0.409. The molecule has 3 rings (SSSR count). The first-order valence-corrected chi connectivity index (χ1v) is 11.8. The highest BCUT2D eigenvalue weighted by Crippen LogP contribution is 2.17. The summed E-state index contributed by atoms with van der Waals surface area (Å²) in [5.74, 6) is -0.172. The topological polar surface area (TPSA) is 78.5 Å². The van der Waals surface area contributed by atoms with Crippen molar-refractivity contribution in [2.75, 3.05) is 23.6 Å². The molecule has 0 aromatic heterocycles. The molecule has 1 saturated heterocycles. The summed E-state index contributed by atoms with van der Waals surface area (Å²) in [5, 5.41) is 2.96. The first kappa shape index (κ1) is 21.3. The molecule has 0 saturated carbocycles. The lowest BCUT2D eigenvalue weighted by Gasteiger charge is -2.18. The standard InChI is InChI=1S/C22H29N3O3S/c1-2-14-29(27,28)24-21-11-7-10-18(15-21)22(26)23-16-19-8-3-4-9-20(19)17-25-12-5-6-13-25/h3-4,7-11,15,24H,2,5-6,12-14,16-17H2,1H3,(H,23,26). The second-order valence-electron chi connectivity index (χ2n) is 7.44. The number of likely N-dealkylation sites (tertiary alicyclic amines) is 1. The number of nitrogens with one attached hydrogen (secondary N) is 2. The lowest BCUT2D eigenvalue weighted by molar-refractivity contribution is 0.0950. The zero-order valence-corrected chi connectivity index (χ0v) is 17.7. The number of sulfonamides is 1. The van der Waals surface area contributed by atoms with Crippen molar-refractivity contribution in [3.8, 4) is 0 Å². The lowest BCUT2D eigenvalue weighted by atomic mass is 10.1. The summed E-state index contributed by atoms with van der Waals surface area (Å²) < 4.78 is 26.4. The Balaban J connectivity index is 1.63. The van der Waals surface area contributed by atoms with E-state index in [4.69, 9.17) is 0 Å². The number of carbonyl (C=O) groups is 1. The highest BCUT2D eigenvalue weighted by Gasteiger charge is 2.15. The van der Waals surface area contributed by atoms with E-state index < -0.39 is 10.0 Å². The summed E-state index contributed by atoms with van der Waals surface area (Å²) in [6.07, 6.45) is 3.03. The number of anilines is 1. The predicted molar refractivity (Wildman–Crippen MR) is 116 cm³/mol. The first-order valence-electron chi connectivity index (χ1n) is 10.1. The molecule has 29 heavy (non-hydrogen) atoms. The van der Waals surface area contributed by atoms with Crippen LogP contribution >= 0.6 is 0 Å². The van der Waals surface area contributed by atoms with Crippen LogP contribution in [0.5, 0.6) is 0 Å². The van der Waals surface area contributed by atoms with Crippen LogP contribution in [0.25, 0.3) is 0 Å². The van der Waals surface area contributed by atoms with Crippen LogP contribution in [0.3, 0.4) is 0 Å². The largest absolute Gasteiger partial charge is 0.348 e. The smallest absolute Gasteiger partial charge is 0.251 e. The molecule has 0 unspecified atom stereocenters. The van der Waals surface area contributed by atoms with Crippen LogP contribution in [-0.2, 0) is 23.1 Å². The van der Waals surface area contributed by atoms with Gasteiger partial charge in [0.2, 0.25) is 10.0 Å². The van der Waals surface area contributed by atoms with E-state index in [0.717, 1.165) is 25.2 Å². The van der Waals surface area contributed by atoms with E-state index in [2.05, 4.69) is 21.0 Å². The molecule has 0 aliphatic carbocycles. The van der Waals surface area contributed by atoms with Crippen LogP contribution in [-0.4, -0.2) is 38.1 Å². The van der Waals surface area contributed by atoms with Crippen LogP contribution in [0, 0.1) is 0 Å². The zero-order chi connectivity index (χ0) is 20.7. The van der Waals surface area contributed by atoms with Crippen molar-refractivity contribution < 1.29 is 13.2 Å². The molecule has 2 aromatic carbocycles. The van der Waals surface area contributed by atoms with Gasteiger partial charge in [0, 0.05) is 24.3 Å². The van der Waals surface area contributed by atoms with Crippen molar-refractivity contribution in [2.24, 2.45) is 0 Å². The van der Waals surface area contributed by atoms with E-state index in [1.807, 2.05) is 25.1 Å². The quantitative estimate of drug-likeness (QED) is 0.658. The third kappa shape index (κ3) is 6.30. The number of rotatable bonds is 9. The molecule has 1 aliphatic heterocycles. The zero-order valence-electron chi connectivity index (χ0n) is 16.9. The number of nitrogens with zero attached hydrogens (tertiary/aromatic N) is 1. The monoisotopic (exact) mass is 415 g/mol. The van der Waals surface area contributed by atoms with Crippen LogP contribution in [0.1, 0.15) is 47.7 Å². The fourth-order valence-corrected chi connectivity index (χ4v) is 4.69. The third-order valence-corrected chi connectivity index (χ3v) is 6.51. The minimum Gasteiger partial charge on any atom is -0.348 e. The van der Waals surface area contributed by atoms with Gasteiger partial charge in [0.15, 0.2) is 0 Å². The average Bonchev–Trinajstić information content (AvgIpc) is 3.20. The van der Waals surface area contributed by atoms with E-state index >= 15 is 0 Å². The molecule has 0 radical (unpaired) electrons. The number of benzene rings is 2. The molecule has 1 heterocycles. The maximum atomic E-state index is 12.6. The van der Waals surface area contributed by atoms with Gasteiger partial charge in [-0.25, -0.2) is 8.42 Å². The summed E-state index contributed by atoms with van der Waals surface area (Å²) in [6.45, 7) is 5.41. The average molecular weight is 416 g/mol. The molecule has 1 fully saturated rings. The molecule has 0 spiro atoms. The molecule has 2 aromatic rings. The van der Waals surface area contributed by atoms with E-state index in [9.17, 15) is 13.2 Å². The normalized spacial score (nSPS) is 14.7. The lowest BCUT2D eigenvalue weighted by Crippen LogP contribution is -2.25. The Bertz CT molecular complexity index is 938. The fourth-order valence-electron chi connectivity index (χ4n) is 3.57. The van der Waals surface area contributed by atoms with Gasteiger partial charge in [0.25, 0.3) is 5.91 Å². The molecule has 0 bridgehead atoms. The minimum absolute atomic E-state index is 0.0528. The summed E-state index contributed by atoms with van der Waals surface area (Å²) in [5.41, 5.74) is 3.17. The number of carbonyl (C=O) groups excluding carboxylic acids is 1. The number of hydrogen-bond acceptors (Lipinski definition) is 4. The Hall–Kier alpha value is -2.38. The molecule has 6 nitrogen and oxygen atoms in total. The third-order valence-electron chi connectivity index (χ3n) is 5.02. The van der Waals surface area contributed by atoms with Crippen molar-refractivity contribution in [1.82, 2.24) is 10.2 Å². The van der Waals surface area contributed by atoms with Crippen molar-refractivity contribution in [3.63, 3.8) is 0 Å². The van der Waals surface area contributed by atoms with Crippen LogP contribution in [0.2, 0.25) is 0 Å². The van der Waals surface area contributed by atoms with Crippen LogP contribution in [0.4, 0.5) is 5.69 Å². The molecule has 1 amide bonds. The van der Waals surface area contributed by atoms with Gasteiger partial charge in [-0.1, -0.05) is 37.3 Å². The molecular weight excluding hydrogens is 386 g/mol. The second kappa shape index (κ2) is 9.89. The second-order valence-corrected chi connectivity index (χ2v) is 9.28. The Morgan fingerprint density at radius 1 is 1.03 bits per heavy atom. The Morgan fingerprint density at radius 3 is 2.48 bits per heavy atom. The highest BCUT2D eigenvalue weighted by molar-refractivity contribution is 7.92. The molecule has 2 N–H and O–H groups in total. The van der Waals surface area contributed by atoms with Gasteiger partial charge in [-0.05, 0) is 61.7 Å². The molecule has 156 valence electrons. The van der Waals surface area contributed by atoms with Gasteiger partial charge in [-0.3, -0.25) is 14.4 Å². The van der Waals surface area contributed by atoms with E-state index in [1.165, 1.54) is 18.4 Å². The van der Waals surface area contributed by atoms with E-state index in [-0.39, 0.29) is 11.7 Å². The maximum Gasteiger partial charge on any atom is 0.251 e. The maximum absolute atomic E-state index is 12.6. The molecule has 0 atom stereocenters. The minimum atomic E-state index is -3.39. The van der Waals surface area contributed by atoms with Crippen molar-refractivity contribution >= 4 is 21.6 Å². The van der Waals surface area contributed by atoms with E-state index in [0.29, 0.717) is 24.2 Å². The van der Waals surface area contributed by atoms with Gasteiger partial charge in [-0.2, -0.15) is 0 Å². The Morgan fingerprint density at radius 2 is 1.76 bits per heavy atom. The van der Waals surface area contributed by atoms with Gasteiger partial charge in [0.1, 0.15) is 0 Å². The summed E-state index contributed by atoms with van der Waals surface area (Å²) in [4.78, 5) is 15.1. The van der Waals surface area contributed by atoms with Gasteiger partial charge < -0.3 is 5.32 Å². The van der Waals surface area contributed by atoms with Crippen molar-refractivity contribution in [3.05, 3.63) is 65.2 Å². The van der Waals surface area contributed by atoms with Crippen LogP contribution in [0.15, 0.2) is 48.5 Å². The summed E-state index contributed by atoms with van der Waals surface area (Å²) in [7, 11) is -3.39. The van der Waals surface area contributed by atoms with Gasteiger partial charge in [0.05, 0.1) is 5.75 Å². The summed E-state index contributed by atoms with van der Waals surface area (Å²) in [6, 6.07) is 14.8. The molecule has 1 aliphatic rings. The van der Waals surface area contributed by atoms with Gasteiger partial charge in [-0.15, -0.1) is 0 Å². The predicted octanol–water partition coefficient (Wildman–Crippen LogP) is 3.36. The van der Waals surface area contributed by atoms with Gasteiger partial charge >= 0.3 is 0 Å².